The van der Waals surface area contributed by atoms with Gasteiger partial charge in [-0.2, -0.15) is 0 Å². The van der Waals surface area contributed by atoms with Gasteiger partial charge in [-0.1, -0.05) is 13.8 Å². The Hall–Kier alpha value is -1.32. The van der Waals surface area contributed by atoms with E-state index in [1.807, 2.05) is 0 Å². The van der Waals surface area contributed by atoms with Gasteiger partial charge in [-0.05, 0) is 88.5 Å². The molecule has 1 saturated heterocycles. The van der Waals surface area contributed by atoms with Crippen molar-refractivity contribution in [2.24, 2.45) is 34.5 Å². The molecule has 27 heavy (non-hydrogen) atoms. The molecular weight excluding hydrogens is 338 g/mol. The third kappa shape index (κ3) is 2.94. The van der Waals surface area contributed by atoms with Gasteiger partial charge in [-0.25, -0.2) is 0 Å². The largest absolute Gasteiger partial charge is 0.431 e. The van der Waals surface area contributed by atoms with Gasteiger partial charge in [0.2, 0.25) is 5.91 Å². The zero-order valence-electron chi connectivity index (χ0n) is 17.6. The Morgan fingerprint density at radius 2 is 1.89 bits per heavy atom. The lowest BCUT2D eigenvalue weighted by atomic mass is 9.49. The molecule has 3 aliphatic carbocycles. The zero-order valence-corrected chi connectivity index (χ0v) is 17.6. The SMILES string of the molecule is CC(C)(C)NC(=O)C1CCC2C3CC=C4OC(=O)CC[C@]4(C)C3CC[C@]12C. The average Bonchev–Trinajstić information content (AvgIpc) is 2.91. The van der Waals surface area contributed by atoms with E-state index in [-0.39, 0.29) is 34.2 Å². The molecule has 4 aliphatic rings. The molecule has 4 nitrogen and oxygen atoms in total. The molecule has 1 N–H and O–H groups in total. The first kappa shape index (κ1) is 19.0. The minimum absolute atomic E-state index is 0.00388. The molecule has 4 heteroatoms. The predicted molar refractivity (Wildman–Crippen MR) is 105 cm³/mol. The van der Waals surface area contributed by atoms with Crippen LogP contribution in [0.2, 0.25) is 0 Å². The van der Waals surface area contributed by atoms with Gasteiger partial charge in [0.05, 0.1) is 0 Å². The Morgan fingerprint density at radius 1 is 1.15 bits per heavy atom. The van der Waals surface area contributed by atoms with Crippen molar-refractivity contribution in [1.29, 1.82) is 0 Å². The van der Waals surface area contributed by atoms with Gasteiger partial charge in [0.15, 0.2) is 0 Å². The lowest BCUT2D eigenvalue weighted by Gasteiger charge is -2.56. The van der Waals surface area contributed by atoms with E-state index in [1.165, 1.54) is 0 Å². The molecule has 0 bridgehead atoms. The minimum Gasteiger partial charge on any atom is -0.431 e. The monoisotopic (exact) mass is 373 g/mol. The second-order valence-electron chi connectivity index (χ2n) is 11.0. The smallest absolute Gasteiger partial charge is 0.310 e. The topological polar surface area (TPSA) is 55.4 Å². The summed E-state index contributed by atoms with van der Waals surface area (Å²) < 4.78 is 5.65. The molecule has 4 rings (SSSR count). The van der Waals surface area contributed by atoms with Crippen LogP contribution >= 0.6 is 0 Å². The fourth-order valence-corrected chi connectivity index (χ4v) is 6.96. The van der Waals surface area contributed by atoms with E-state index in [0.717, 1.165) is 44.3 Å². The lowest BCUT2D eigenvalue weighted by Crippen LogP contribution is -2.53. The molecule has 3 fully saturated rings. The van der Waals surface area contributed by atoms with Crippen molar-refractivity contribution in [3.05, 3.63) is 11.8 Å². The maximum atomic E-state index is 13.0. The standard InChI is InChI=1S/C23H35NO3/c1-21(2,3)24-20(26)17-8-7-15-14-6-9-18-23(5,13-11-19(25)27-18)16(14)10-12-22(15,17)4/h9,14-17H,6-8,10-13H2,1-5H3,(H,24,26)/t14?,15?,16?,17?,22-,23+/m0/s1. The Balaban J connectivity index is 1.59. The predicted octanol–water partition coefficient (Wildman–Crippen LogP) is 4.59. The van der Waals surface area contributed by atoms with Gasteiger partial charge in [0, 0.05) is 23.3 Å². The van der Waals surface area contributed by atoms with Gasteiger partial charge >= 0.3 is 5.97 Å². The van der Waals surface area contributed by atoms with Gasteiger partial charge < -0.3 is 10.1 Å². The molecule has 2 saturated carbocycles. The Kier molecular flexibility index (Phi) is 4.29. The molecule has 1 heterocycles. The maximum absolute atomic E-state index is 13.0. The van der Waals surface area contributed by atoms with E-state index in [9.17, 15) is 9.59 Å². The molecule has 0 aromatic rings. The molecule has 0 aromatic carbocycles. The van der Waals surface area contributed by atoms with Crippen LogP contribution in [0.15, 0.2) is 11.8 Å². The molecule has 0 aromatic heterocycles. The van der Waals surface area contributed by atoms with Gasteiger partial charge in [0.1, 0.15) is 5.76 Å². The van der Waals surface area contributed by atoms with Gasteiger partial charge in [-0.15, -0.1) is 0 Å². The first-order valence-corrected chi connectivity index (χ1v) is 10.8. The van der Waals surface area contributed by atoms with Crippen molar-refractivity contribution in [1.82, 2.24) is 5.32 Å². The van der Waals surface area contributed by atoms with Crippen LogP contribution in [-0.2, 0) is 14.3 Å². The Labute approximate surface area is 163 Å². The second-order valence-corrected chi connectivity index (χ2v) is 11.0. The normalized spacial score (nSPS) is 43.7. The number of amides is 1. The number of allylic oxidation sites excluding steroid dienone is 2. The number of esters is 1. The average molecular weight is 374 g/mol. The number of nitrogens with one attached hydrogen (secondary N) is 1. The Bertz CT molecular complexity index is 690. The summed E-state index contributed by atoms with van der Waals surface area (Å²) in [6.07, 6.45) is 9.06. The first-order chi connectivity index (χ1) is 12.5. The van der Waals surface area contributed by atoms with E-state index in [1.54, 1.807) is 0 Å². The van der Waals surface area contributed by atoms with Crippen LogP contribution in [0, 0.1) is 34.5 Å². The van der Waals surface area contributed by atoms with Crippen LogP contribution in [0.25, 0.3) is 0 Å². The summed E-state index contributed by atoms with van der Waals surface area (Å²) >= 11 is 0. The number of hydrogen-bond acceptors (Lipinski definition) is 3. The number of rotatable bonds is 1. The quantitative estimate of drug-likeness (QED) is 0.684. The van der Waals surface area contributed by atoms with Crippen molar-refractivity contribution in [2.75, 3.05) is 0 Å². The molecule has 4 unspecified atom stereocenters. The summed E-state index contributed by atoms with van der Waals surface area (Å²) in [5, 5.41) is 3.24. The summed E-state index contributed by atoms with van der Waals surface area (Å²) in [5.41, 5.74) is -0.0713. The van der Waals surface area contributed by atoms with Crippen LogP contribution in [0.3, 0.4) is 0 Å². The third-order valence-corrected chi connectivity index (χ3v) is 8.28. The van der Waals surface area contributed by atoms with Crippen LogP contribution in [-0.4, -0.2) is 17.4 Å². The highest BCUT2D eigenvalue weighted by molar-refractivity contribution is 5.80. The van der Waals surface area contributed by atoms with Crippen molar-refractivity contribution in [2.45, 2.75) is 85.1 Å². The molecule has 1 aliphatic heterocycles. The van der Waals surface area contributed by atoms with Crippen molar-refractivity contribution >= 4 is 11.9 Å². The minimum atomic E-state index is -0.176. The van der Waals surface area contributed by atoms with Gasteiger partial charge in [-0.3, -0.25) is 9.59 Å². The molecule has 0 spiro atoms. The summed E-state index contributed by atoms with van der Waals surface area (Å²) in [6, 6.07) is 0. The van der Waals surface area contributed by atoms with Gasteiger partial charge in [0.25, 0.3) is 0 Å². The maximum Gasteiger partial charge on any atom is 0.310 e. The number of hydrogen-bond donors (Lipinski definition) is 1. The molecule has 1 amide bonds. The lowest BCUT2D eigenvalue weighted by molar-refractivity contribution is -0.153. The number of fused-ring (bicyclic) bond motifs is 5. The third-order valence-electron chi connectivity index (χ3n) is 8.28. The van der Waals surface area contributed by atoms with Crippen LogP contribution in [0.4, 0.5) is 0 Å². The molecular formula is C23H35NO3. The Morgan fingerprint density at radius 3 is 2.59 bits per heavy atom. The highest BCUT2D eigenvalue weighted by Crippen LogP contribution is 2.65. The number of carbonyl (C=O) groups excluding carboxylic acids is 2. The summed E-state index contributed by atoms with van der Waals surface area (Å²) in [6.45, 7) is 10.9. The van der Waals surface area contributed by atoms with Crippen LogP contribution in [0.1, 0.15) is 79.6 Å². The summed E-state index contributed by atoms with van der Waals surface area (Å²) in [4.78, 5) is 24.8. The fourth-order valence-electron chi connectivity index (χ4n) is 6.96. The molecule has 6 atom stereocenters. The van der Waals surface area contributed by atoms with E-state index in [2.05, 4.69) is 46.0 Å². The van der Waals surface area contributed by atoms with Crippen LogP contribution in [0.5, 0.6) is 0 Å². The second kappa shape index (κ2) is 6.09. The van der Waals surface area contributed by atoms with Crippen molar-refractivity contribution in [3.8, 4) is 0 Å². The van der Waals surface area contributed by atoms with Crippen LogP contribution < -0.4 is 5.32 Å². The van der Waals surface area contributed by atoms with E-state index < -0.39 is 0 Å². The molecule has 0 radical (unpaired) electrons. The molecule has 150 valence electrons. The number of carbonyl (C=O) groups is 2. The summed E-state index contributed by atoms with van der Waals surface area (Å²) in [7, 11) is 0. The first-order valence-electron chi connectivity index (χ1n) is 10.8. The van der Waals surface area contributed by atoms with E-state index in [0.29, 0.717) is 24.2 Å². The van der Waals surface area contributed by atoms with E-state index in [4.69, 9.17) is 4.74 Å². The highest BCUT2D eigenvalue weighted by Gasteiger charge is 2.60. The zero-order chi connectivity index (χ0) is 19.6. The van der Waals surface area contributed by atoms with Crippen molar-refractivity contribution < 1.29 is 14.3 Å². The van der Waals surface area contributed by atoms with Crippen molar-refractivity contribution in [3.63, 3.8) is 0 Å². The highest BCUT2D eigenvalue weighted by atomic mass is 16.5. The summed E-state index contributed by atoms with van der Waals surface area (Å²) in [5.74, 6) is 3.02. The van der Waals surface area contributed by atoms with E-state index >= 15 is 0 Å². The number of ether oxygens (including phenoxy) is 1. The fraction of sp³-hybridized carbons (Fsp3) is 0.826.